The Kier molecular flexibility index (Phi) is 5.56. The number of para-hydroxylation sites is 1. The van der Waals surface area contributed by atoms with Crippen LogP contribution in [0.2, 0.25) is 0 Å². The highest BCUT2D eigenvalue weighted by molar-refractivity contribution is 6.47. The molecule has 0 fully saturated rings. The lowest BCUT2D eigenvalue weighted by Gasteiger charge is -2.17. The zero-order valence-electron chi connectivity index (χ0n) is 16.3. The number of ether oxygens (including phenoxy) is 1. The van der Waals surface area contributed by atoms with Crippen LogP contribution in [-0.2, 0) is 16.1 Å². The Morgan fingerprint density at radius 2 is 2.11 bits per heavy atom. The van der Waals surface area contributed by atoms with Gasteiger partial charge in [-0.2, -0.15) is 0 Å². The fraction of sp³-hybridized carbons (Fsp3) is 0.333. The van der Waals surface area contributed by atoms with Gasteiger partial charge in [0.1, 0.15) is 11.5 Å². The van der Waals surface area contributed by atoms with Gasteiger partial charge in [0.15, 0.2) is 5.78 Å². The Balaban J connectivity index is 1.52. The van der Waals surface area contributed by atoms with Crippen molar-refractivity contribution in [1.29, 1.82) is 0 Å². The van der Waals surface area contributed by atoms with E-state index in [2.05, 4.69) is 17.6 Å². The summed E-state index contributed by atoms with van der Waals surface area (Å²) >= 11 is 0. The number of benzene rings is 1. The van der Waals surface area contributed by atoms with E-state index in [4.69, 9.17) is 9.73 Å². The first-order valence-corrected chi connectivity index (χ1v) is 10.1. The molecule has 0 saturated heterocycles. The second-order valence-corrected chi connectivity index (χ2v) is 7.34. The van der Waals surface area contributed by atoms with E-state index in [-0.39, 0.29) is 11.7 Å². The summed E-state index contributed by atoms with van der Waals surface area (Å²) < 4.78 is 7.90. The molecule has 1 aromatic carbocycles. The van der Waals surface area contributed by atoms with Crippen LogP contribution in [0.5, 0.6) is 0 Å². The number of carbonyl (C=O) groups is 1. The molecule has 2 aliphatic rings. The molecule has 1 aliphatic heterocycles. The predicted molar refractivity (Wildman–Crippen MR) is 112 cm³/mol. The molecule has 4 rings (SSSR count). The van der Waals surface area contributed by atoms with E-state index in [0.717, 1.165) is 42.3 Å². The van der Waals surface area contributed by atoms with E-state index in [1.807, 2.05) is 54.8 Å². The molecule has 1 aromatic heterocycles. The predicted octanol–water partition coefficient (Wildman–Crippen LogP) is 5.21. The minimum absolute atomic E-state index is 0.0641. The van der Waals surface area contributed by atoms with Gasteiger partial charge < -0.3 is 9.30 Å². The number of ketones is 1. The van der Waals surface area contributed by atoms with Gasteiger partial charge >= 0.3 is 0 Å². The van der Waals surface area contributed by atoms with Gasteiger partial charge in [-0.05, 0) is 48.8 Å². The number of hydrogen-bond donors (Lipinski definition) is 0. The van der Waals surface area contributed by atoms with Crippen LogP contribution >= 0.6 is 0 Å². The van der Waals surface area contributed by atoms with Crippen molar-refractivity contribution in [3.63, 3.8) is 0 Å². The Labute approximate surface area is 166 Å². The monoisotopic (exact) mass is 374 g/mol. The lowest BCUT2D eigenvalue weighted by molar-refractivity contribution is -0.115. The van der Waals surface area contributed by atoms with Crippen LogP contribution in [0, 0.1) is 5.92 Å². The molecule has 1 atom stereocenters. The van der Waals surface area contributed by atoms with Crippen LogP contribution in [0.1, 0.15) is 43.9 Å². The molecule has 2 aromatic rings. The fourth-order valence-electron chi connectivity index (χ4n) is 3.68. The summed E-state index contributed by atoms with van der Waals surface area (Å²) in [6.45, 7) is 3.65. The van der Waals surface area contributed by atoms with Crippen molar-refractivity contribution in [1.82, 2.24) is 4.57 Å². The first-order chi connectivity index (χ1) is 13.8. The average molecular weight is 374 g/mol. The molecule has 1 aliphatic carbocycles. The first kappa shape index (κ1) is 18.5. The lowest BCUT2D eigenvalue weighted by Crippen LogP contribution is -2.25. The molecule has 0 spiro atoms. The zero-order valence-corrected chi connectivity index (χ0v) is 16.3. The number of allylic oxidation sites excluding steroid dienone is 3. The van der Waals surface area contributed by atoms with Crippen molar-refractivity contribution in [2.75, 3.05) is 6.61 Å². The number of Topliss-reactive ketones (excluding diaryl/α,β-unsaturated/α-hetero) is 1. The van der Waals surface area contributed by atoms with Crippen molar-refractivity contribution < 1.29 is 9.53 Å². The number of unbranched alkanes of at least 4 members (excludes halogenated alkanes) is 2. The number of aromatic nitrogens is 1. The summed E-state index contributed by atoms with van der Waals surface area (Å²) in [4.78, 5) is 18.1. The summed E-state index contributed by atoms with van der Waals surface area (Å²) in [6.07, 6.45) is 12.0. The summed E-state index contributed by atoms with van der Waals surface area (Å²) in [5.74, 6) is 0.737. The Hall–Kier alpha value is -2.88. The second kappa shape index (κ2) is 8.42. The molecular weight excluding hydrogens is 348 g/mol. The molecule has 0 saturated carbocycles. The third-order valence-electron chi connectivity index (χ3n) is 5.29. The quantitative estimate of drug-likeness (QED) is 0.625. The normalized spacial score (nSPS) is 17.8. The van der Waals surface area contributed by atoms with Crippen LogP contribution in [0.25, 0.3) is 0 Å². The standard InChI is InChI=1S/C24H26N2O2/c1-2-3-6-16-28-20-13-11-18(12-14-20)24(27)23-22-10-7-15-26(22)17-19-8-4-5-9-21(19)25-23/h4-5,7-11,13-15,18H,2-3,6,12,16-17H2,1H3. The molecule has 0 N–H and O–H groups in total. The van der Waals surface area contributed by atoms with Gasteiger partial charge in [-0.1, -0.05) is 44.0 Å². The SMILES string of the molecule is CCCCCOC1=CCC(C(=O)C2=Nc3ccccc3Cn3cccc32)C=C1. The highest BCUT2D eigenvalue weighted by Crippen LogP contribution is 2.28. The third-order valence-corrected chi connectivity index (χ3v) is 5.29. The number of carbonyl (C=O) groups excluding carboxylic acids is 1. The minimum atomic E-state index is -0.199. The molecule has 0 amide bonds. The van der Waals surface area contributed by atoms with E-state index in [9.17, 15) is 4.79 Å². The summed E-state index contributed by atoms with van der Waals surface area (Å²) in [5, 5.41) is 0. The van der Waals surface area contributed by atoms with Gasteiger partial charge in [-0.3, -0.25) is 4.79 Å². The van der Waals surface area contributed by atoms with Crippen molar-refractivity contribution in [3.8, 4) is 0 Å². The van der Waals surface area contributed by atoms with Crippen LogP contribution in [0.4, 0.5) is 5.69 Å². The van der Waals surface area contributed by atoms with Crippen LogP contribution in [-0.4, -0.2) is 22.7 Å². The van der Waals surface area contributed by atoms with Gasteiger partial charge in [0.2, 0.25) is 0 Å². The van der Waals surface area contributed by atoms with Crippen molar-refractivity contribution in [3.05, 3.63) is 77.8 Å². The Morgan fingerprint density at radius 1 is 1.21 bits per heavy atom. The first-order valence-electron chi connectivity index (χ1n) is 10.1. The molecule has 4 nitrogen and oxygen atoms in total. The Morgan fingerprint density at radius 3 is 2.93 bits per heavy atom. The molecule has 0 radical (unpaired) electrons. The lowest BCUT2D eigenvalue weighted by atomic mass is 9.91. The Bertz CT molecular complexity index is 949. The smallest absolute Gasteiger partial charge is 0.190 e. The van der Waals surface area contributed by atoms with E-state index >= 15 is 0 Å². The summed E-state index contributed by atoms with van der Waals surface area (Å²) in [7, 11) is 0. The number of fused-ring (bicyclic) bond motifs is 2. The molecule has 4 heteroatoms. The van der Waals surface area contributed by atoms with Crippen molar-refractivity contribution in [2.45, 2.75) is 39.2 Å². The van der Waals surface area contributed by atoms with Gasteiger partial charge in [-0.15, -0.1) is 0 Å². The fourth-order valence-corrected chi connectivity index (χ4v) is 3.68. The van der Waals surface area contributed by atoms with Crippen molar-refractivity contribution in [2.24, 2.45) is 10.9 Å². The molecule has 1 unspecified atom stereocenters. The van der Waals surface area contributed by atoms with E-state index < -0.39 is 0 Å². The summed E-state index contributed by atoms with van der Waals surface area (Å²) in [6, 6.07) is 12.0. The van der Waals surface area contributed by atoms with Crippen LogP contribution in [0.15, 0.2) is 71.6 Å². The summed E-state index contributed by atoms with van der Waals surface area (Å²) in [5.41, 5.74) is 3.44. The van der Waals surface area contributed by atoms with E-state index in [0.29, 0.717) is 12.1 Å². The van der Waals surface area contributed by atoms with Gasteiger partial charge in [0.05, 0.1) is 18.0 Å². The van der Waals surface area contributed by atoms with Crippen LogP contribution < -0.4 is 0 Å². The highest BCUT2D eigenvalue weighted by Gasteiger charge is 2.27. The number of nitrogens with zero attached hydrogens (tertiary/aromatic N) is 2. The molecule has 28 heavy (non-hydrogen) atoms. The van der Waals surface area contributed by atoms with Gasteiger partial charge in [-0.25, -0.2) is 4.99 Å². The maximum Gasteiger partial charge on any atom is 0.190 e. The molecule has 2 heterocycles. The van der Waals surface area contributed by atoms with Gasteiger partial charge in [0.25, 0.3) is 0 Å². The minimum Gasteiger partial charge on any atom is -0.494 e. The highest BCUT2D eigenvalue weighted by atomic mass is 16.5. The van der Waals surface area contributed by atoms with E-state index in [1.54, 1.807) is 0 Å². The van der Waals surface area contributed by atoms with Gasteiger partial charge in [0, 0.05) is 18.7 Å². The zero-order chi connectivity index (χ0) is 19.3. The average Bonchev–Trinajstić information content (AvgIpc) is 3.12. The van der Waals surface area contributed by atoms with E-state index in [1.165, 1.54) is 12.8 Å². The third kappa shape index (κ3) is 3.86. The number of aliphatic imine (C=N–C) groups is 1. The number of hydrogen-bond acceptors (Lipinski definition) is 3. The molecule has 0 bridgehead atoms. The maximum atomic E-state index is 13.3. The number of rotatable bonds is 7. The molecule has 144 valence electrons. The molecular formula is C24H26N2O2. The van der Waals surface area contributed by atoms with Crippen LogP contribution in [0.3, 0.4) is 0 Å². The maximum absolute atomic E-state index is 13.3. The topological polar surface area (TPSA) is 43.6 Å². The van der Waals surface area contributed by atoms with Crippen molar-refractivity contribution >= 4 is 17.2 Å². The second-order valence-electron chi connectivity index (χ2n) is 7.34. The largest absolute Gasteiger partial charge is 0.494 e.